The second-order valence-corrected chi connectivity index (χ2v) is 4.21. The summed E-state index contributed by atoms with van der Waals surface area (Å²) in [5.74, 6) is -0.0233. The predicted molar refractivity (Wildman–Crippen MR) is 62.6 cm³/mol. The normalized spacial score (nSPS) is 10.3. The Morgan fingerprint density at radius 2 is 2.20 bits per heavy atom. The van der Waals surface area contributed by atoms with Crippen LogP contribution in [0.25, 0.3) is 11.3 Å². The average molecular weight is 238 g/mol. The molecular weight excluding hydrogens is 230 g/mol. The third-order valence-corrected chi connectivity index (χ3v) is 2.95. The van der Waals surface area contributed by atoms with Crippen LogP contribution in [0.4, 0.5) is 0 Å². The maximum atomic E-state index is 11.2. The lowest BCUT2D eigenvalue weighted by atomic mass is 10.1. The molecule has 0 aliphatic heterocycles. The summed E-state index contributed by atoms with van der Waals surface area (Å²) >= 11 is 7.39. The van der Waals surface area contributed by atoms with Crippen LogP contribution in [0.15, 0.2) is 29.6 Å². The third-order valence-electron chi connectivity index (χ3n) is 2.08. The number of rotatable bonds is 2. The maximum absolute atomic E-state index is 11.2. The molecule has 0 aliphatic carbocycles. The van der Waals surface area contributed by atoms with Gasteiger partial charge in [0.05, 0.1) is 10.7 Å². The number of halogens is 1. The van der Waals surface area contributed by atoms with Gasteiger partial charge in [-0.05, 0) is 36.7 Å². The van der Waals surface area contributed by atoms with Gasteiger partial charge in [0.2, 0.25) is 0 Å². The van der Waals surface area contributed by atoms with Gasteiger partial charge in [0.15, 0.2) is 5.78 Å². The molecule has 0 saturated heterocycles. The van der Waals surface area contributed by atoms with Gasteiger partial charge in [-0.1, -0.05) is 17.7 Å². The van der Waals surface area contributed by atoms with Gasteiger partial charge in [-0.3, -0.25) is 4.79 Å². The largest absolute Gasteiger partial charge is 0.294 e. The van der Waals surface area contributed by atoms with Gasteiger partial charge in [-0.25, -0.2) is 0 Å². The number of aromatic nitrogens is 1. The molecule has 1 aromatic heterocycles. The SMILES string of the molecule is CC(=O)c1ccc(-c2ccsn2)cc1Cl. The molecule has 0 unspecified atom stereocenters. The summed E-state index contributed by atoms with van der Waals surface area (Å²) in [4.78, 5) is 11.2. The molecule has 2 rings (SSSR count). The van der Waals surface area contributed by atoms with Gasteiger partial charge in [-0.2, -0.15) is 4.37 Å². The smallest absolute Gasteiger partial charge is 0.161 e. The molecule has 0 radical (unpaired) electrons. The first kappa shape index (κ1) is 10.3. The van der Waals surface area contributed by atoms with Crippen molar-refractivity contribution < 1.29 is 4.79 Å². The van der Waals surface area contributed by atoms with Crippen LogP contribution in [0.5, 0.6) is 0 Å². The van der Waals surface area contributed by atoms with Crippen molar-refractivity contribution >= 4 is 28.9 Å². The predicted octanol–water partition coefficient (Wildman–Crippen LogP) is 3.67. The van der Waals surface area contributed by atoms with E-state index in [2.05, 4.69) is 4.37 Å². The van der Waals surface area contributed by atoms with Crippen molar-refractivity contribution in [3.8, 4) is 11.3 Å². The van der Waals surface area contributed by atoms with E-state index >= 15 is 0 Å². The Bertz CT molecular complexity index is 493. The number of Topliss-reactive ketones (excluding diaryl/α,β-unsaturated/α-hetero) is 1. The highest BCUT2D eigenvalue weighted by Gasteiger charge is 2.07. The number of nitrogens with zero attached hydrogens (tertiary/aromatic N) is 1. The molecule has 0 saturated carbocycles. The van der Waals surface area contributed by atoms with Crippen molar-refractivity contribution in [3.05, 3.63) is 40.2 Å². The zero-order valence-corrected chi connectivity index (χ0v) is 9.60. The van der Waals surface area contributed by atoms with Gasteiger partial charge in [-0.15, -0.1) is 0 Å². The van der Waals surface area contributed by atoms with Crippen LogP contribution in [0.2, 0.25) is 5.02 Å². The van der Waals surface area contributed by atoms with Crippen molar-refractivity contribution in [2.45, 2.75) is 6.92 Å². The molecule has 0 spiro atoms. The Morgan fingerprint density at radius 1 is 1.40 bits per heavy atom. The quantitative estimate of drug-likeness (QED) is 0.746. The van der Waals surface area contributed by atoms with E-state index in [9.17, 15) is 4.79 Å². The van der Waals surface area contributed by atoms with Crippen LogP contribution >= 0.6 is 23.1 Å². The molecule has 0 atom stereocenters. The van der Waals surface area contributed by atoms with Gasteiger partial charge >= 0.3 is 0 Å². The minimum absolute atomic E-state index is 0.0233. The van der Waals surface area contributed by atoms with E-state index < -0.39 is 0 Å². The molecule has 0 bridgehead atoms. The fraction of sp³-hybridized carbons (Fsp3) is 0.0909. The van der Waals surface area contributed by atoms with Crippen LogP contribution in [-0.2, 0) is 0 Å². The highest BCUT2D eigenvalue weighted by atomic mass is 35.5. The molecule has 2 nitrogen and oxygen atoms in total. The lowest BCUT2D eigenvalue weighted by Crippen LogP contribution is -1.93. The van der Waals surface area contributed by atoms with Crippen LogP contribution in [0.3, 0.4) is 0 Å². The highest BCUT2D eigenvalue weighted by Crippen LogP contribution is 2.25. The first-order valence-electron chi connectivity index (χ1n) is 4.40. The zero-order chi connectivity index (χ0) is 10.8. The van der Waals surface area contributed by atoms with E-state index in [0.717, 1.165) is 11.3 Å². The van der Waals surface area contributed by atoms with E-state index in [-0.39, 0.29) is 5.78 Å². The lowest BCUT2D eigenvalue weighted by molar-refractivity contribution is 0.101. The Balaban J connectivity index is 2.47. The number of hydrogen-bond donors (Lipinski definition) is 0. The van der Waals surface area contributed by atoms with Crippen LogP contribution < -0.4 is 0 Å². The molecule has 1 aromatic carbocycles. The van der Waals surface area contributed by atoms with E-state index in [1.165, 1.54) is 18.5 Å². The van der Waals surface area contributed by atoms with Crippen molar-refractivity contribution in [1.29, 1.82) is 0 Å². The number of carbonyl (C=O) groups excluding carboxylic acids is 1. The molecule has 4 heteroatoms. The number of carbonyl (C=O) groups is 1. The summed E-state index contributed by atoms with van der Waals surface area (Å²) in [5.41, 5.74) is 2.37. The topological polar surface area (TPSA) is 30.0 Å². The monoisotopic (exact) mass is 237 g/mol. The van der Waals surface area contributed by atoms with Crippen molar-refractivity contribution in [2.75, 3.05) is 0 Å². The number of hydrogen-bond acceptors (Lipinski definition) is 3. The van der Waals surface area contributed by atoms with Crippen molar-refractivity contribution in [3.63, 3.8) is 0 Å². The number of benzene rings is 1. The summed E-state index contributed by atoms with van der Waals surface area (Å²) in [6.45, 7) is 1.50. The fourth-order valence-electron chi connectivity index (χ4n) is 1.32. The van der Waals surface area contributed by atoms with E-state index in [1.807, 2.05) is 17.5 Å². The molecule has 0 N–H and O–H groups in total. The Kier molecular flexibility index (Phi) is 2.84. The Labute approximate surface area is 96.7 Å². The minimum Gasteiger partial charge on any atom is -0.294 e. The number of ketones is 1. The maximum Gasteiger partial charge on any atom is 0.161 e. The molecule has 0 aliphatic rings. The fourth-order valence-corrected chi connectivity index (χ4v) is 2.17. The van der Waals surface area contributed by atoms with Gasteiger partial charge in [0, 0.05) is 16.5 Å². The second-order valence-electron chi connectivity index (χ2n) is 3.14. The molecule has 1 heterocycles. The zero-order valence-electron chi connectivity index (χ0n) is 8.03. The van der Waals surface area contributed by atoms with E-state index in [4.69, 9.17) is 11.6 Å². The second kappa shape index (κ2) is 4.13. The van der Waals surface area contributed by atoms with Crippen LogP contribution in [0, 0.1) is 0 Å². The lowest BCUT2D eigenvalue weighted by Gasteiger charge is -2.02. The average Bonchev–Trinajstić information content (AvgIpc) is 2.69. The summed E-state index contributed by atoms with van der Waals surface area (Å²) in [6.07, 6.45) is 0. The summed E-state index contributed by atoms with van der Waals surface area (Å²) in [5, 5.41) is 2.38. The van der Waals surface area contributed by atoms with E-state index in [0.29, 0.717) is 10.6 Å². The summed E-state index contributed by atoms with van der Waals surface area (Å²) in [7, 11) is 0. The van der Waals surface area contributed by atoms with Gasteiger partial charge in [0.1, 0.15) is 0 Å². The standard InChI is InChI=1S/C11H8ClNOS/c1-7(14)9-3-2-8(6-10(9)12)11-4-5-15-13-11/h2-6H,1H3. The molecule has 15 heavy (non-hydrogen) atoms. The Morgan fingerprint density at radius 3 is 2.73 bits per heavy atom. The van der Waals surface area contributed by atoms with Gasteiger partial charge in [0.25, 0.3) is 0 Å². The third kappa shape index (κ3) is 2.08. The highest BCUT2D eigenvalue weighted by molar-refractivity contribution is 7.03. The summed E-state index contributed by atoms with van der Waals surface area (Å²) < 4.78 is 4.20. The van der Waals surface area contributed by atoms with Crippen LogP contribution in [-0.4, -0.2) is 10.2 Å². The first-order chi connectivity index (χ1) is 7.18. The Hall–Kier alpha value is -1.19. The summed E-state index contributed by atoms with van der Waals surface area (Å²) in [6, 6.07) is 7.29. The van der Waals surface area contributed by atoms with E-state index in [1.54, 1.807) is 12.1 Å². The molecule has 0 fully saturated rings. The van der Waals surface area contributed by atoms with Gasteiger partial charge < -0.3 is 0 Å². The van der Waals surface area contributed by atoms with Crippen molar-refractivity contribution in [1.82, 2.24) is 4.37 Å². The minimum atomic E-state index is -0.0233. The van der Waals surface area contributed by atoms with Crippen molar-refractivity contribution in [2.24, 2.45) is 0 Å². The molecule has 0 amide bonds. The molecule has 2 aromatic rings. The molecule has 76 valence electrons. The molecular formula is C11H8ClNOS. The van der Waals surface area contributed by atoms with Crippen LogP contribution in [0.1, 0.15) is 17.3 Å². The first-order valence-corrected chi connectivity index (χ1v) is 5.61.